The average Bonchev–Trinajstić information content (AvgIpc) is 2.24. The van der Waals surface area contributed by atoms with Crippen molar-refractivity contribution in [2.24, 2.45) is 0 Å². The first-order valence-electron chi connectivity index (χ1n) is 4.32. The van der Waals surface area contributed by atoms with Crippen molar-refractivity contribution in [2.45, 2.75) is 19.4 Å². The average molecular weight is 140 g/mol. The normalized spacial score (nSPS) is 47.1. The van der Waals surface area contributed by atoms with Crippen molar-refractivity contribution >= 4 is 0 Å². The predicted octanol–water partition coefficient (Wildman–Crippen LogP) is 0.396. The fraction of sp³-hybridized carbons (Fsp3) is 1.00. The molecule has 3 aliphatic rings. The van der Waals surface area contributed by atoms with Gasteiger partial charge in [-0.05, 0) is 19.9 Å². The Bertz CT molecular complexity index is 116. The molecule has 3 heterocycles. The lowest BCUT2D eigenvalue weighted by molar-refractivity contribution is 0.155. The monoisotopic (exact) mass is 140 g/mol. The van der Waals surface area contributed by atoms with Crippen LogP contribution in [0.3, 0.4) is 0 Å². The van der Waals surface area contributed by atoms with Gasteiger partial charge in [0.1, 0.15) is 0 Å². The molecule has 0 spiro atoms. The van der Waals surface area contributed by atoms with Gasteiger partial charge in [-0.2, -0.15) is 0 Å². The maximum absolute atomic E-state index is 2.61. The molecule has 3 rings (SSSR count). The minimum absolute atomic E-state index is 0.840. The molecule has 3 fully saturated rings. The summed E-state index contributed by atoms with van der Waals surface area (Å²) in [4.78, 5) is 5.20. The molecule has 2 nitrogen and oxygen atoms in total. The fourth-order valence-electron chi connectivity index (χ4n) is 1.98. The summed E-state index contributed by atoms with van der Waals surface area (Å²) < 4.78 is 0. The van der Waals surface area contributed by atoms with Crippen molar-refractivity contribution in [3.8, 4) is 0 Å². The topological polar surface area (TPSA) is 6.48 Å². The number of hydrogen-bond acceptors (Lipinski definition) is 2. The Hall–Kier alpha value is -0.0800. The van der Waals surface area contributed by atoms with E-state index in [0.717, 1.165) is 6.04 Å². The van der Waals surface area contributed by atoms with Crippen LogP contribution >= 0.6 is 0 Å². The summed E-state index contributed by atoms with van der Waals surface area (Å²) >= 11 is 0. The van der Waals surface area contributed by atoms with Gasteiger partial charge < -0.3 is 4.90 Å². The van der Waals surface area contributed by atoms with Gasteiger partial charge in [0.2, 0.25) is 0 Å². The molecule has 1 unspecified atom stereocenters. The van der Waals surface area contributed by atoms with Gasteiger partial charge in [-0.3, -0.25) is 4.90 Å². The van der Waals surface area contributed by atoms with Crippen LogP contribution in [0.4, 0.5) is 0 Å². The van der Waals surface area contributed by atoms with Crippen LogP contribution in [-0.2, 0) is 0 Å². The second-order valence-corrected chi connectivity index (χ2v) is 3.52. The fourth-order valence-corrected chi connectivity index (χ4v) is 1.98. The lowest BCUT2D eigenvalue weighted by atomic mass is 10.2. The van der Waals surface area contributed by atoms with Gasteiger partial charge in [-0.25, -0.2) is 0 Å². The van der Waals surface area contributed by atoms with Crippen LogP contribution in [0.1, 0.15) is 13.3 Å². The zero-order chi connectivity index (χ0) is 6.97. The van der Waals surface area contributed by atoms with E-state index < -0.39 is 0 Å². The Morgan fingerprint density at radius 1 is 1.00 bits per heavy atom. The van der Waals surface area contributed by atoms with Gasteiger partial charge in [-0.15, -0.1) is 0 Å². The maximum atomic E-state index is 2.61. The van der Waals surface area contributed by atoms with E-state index in [9.17, 15) is 0 Å². The highest BCUT2D eigenvalue weighted by molar-refractivity contribution is 4.81. The van der Waals surface area contributed by atoms with E-state index in [0.29, 0.717) is 0 Å². The highest BCUT2D eigenvalue weighted by Gasteiger charge is 2.25. The summed E-state index contributed by atoms with van der Waals surface area (Å²) in [5, 5.41) is 0. The second kappa shape index (κ2) is 2.51. The molecule has 0 aromatic carbocycles. The van der Waals surface area contributed by atoms with Gasteiger partial charge in [0.25, 0.3) is 0 Å². The summed E-state index contributed by atoms with van der Waals surface area (Å²) in [6, 6.07) is 0.840. The molecule has 0 saturated carbocycles. The van der Waals surface area contributed by atoms with Crippen molar-refractivity contribution in [3.05, 3.63) is 0 Å². The zero-order valence-electron chi connectivity index (χ0n) is 6.71. The molecule has 2 bridgehead atoms. The van der Waals surface area contributed by atoms with Crippen LogP contribution in [0, 0.1) is 0 Å². The van der Waals surface area contributed by atoms with Crippen LogP contribution in [0.25, 0.3) is 0 Å². The van der Waals surface area contributed by atoms with Crippen molar-refractivity contribution in [3.63, 3.8) is 0 Å². The molecule has 10 heavy (non-hydrogen) atoms. The van der Waals surface area contributed by atoms with Crippen molar-refractivity contribution in [1.82, 2.24) is 9.80 Å². The van der Waals surface area contributed by atoms with E-state index >= 15 is 0 Å². The molecular weight excluding hydrogens is 124 g/mol. The highest BCUT2D eigenvalue weighted by atomic mass is 15.3. The first kappa shape index (κ1) is 6.62. The summed E-state index contributed by atoms with van der Waals surface area (Å²) in [6.45, 7) is 8.92. The second-order valence-electron chi connectivity index (χ2n) is 3.52. The highest BCUT2D eigenvalue weighted by Crippen LogP contribution is 2.14. The quantitative estimate of drug-likeness (QED) is 0.480. The first-order chi connectivity index (χ1) is 4.86. The van der Waals surface area contributed by atoms with Gasteiger partial charge in [0.05, 0.1) is 0 Å². The molecule has 2 heteroatoms. The lowest BCUT2D eigenvalue weighted by Crippen LogP contribution is -2.44. The maximum Gasteiger partial charge on any atom is 0.0113 e. The summed E-state index contributed by atoms with van der Waals surface area (Å²) in [7, 11) is 0. The minimum Gasteiger partial charge on any atom is -0.301 e. The number of piperazine rings is 1. The SMILES string of the molecule is CC1CCN2CCN1CC2. The van der Waals surface area contributed by atoms with Crippen molar-refractivity contribution in [2.75, 3.05) is 32.7 Å². The Morgan fingerprint density at radius 2 is 1.70 bits per heavy atom. The van der Waals surface area contributed by atoms with E-state index in [4.69, 9.17) is 0 Å². The van der Waals surface area contributed by atoms with Gasteiger partial charge in [0, 0.05) is 32.2 Å². The van der Waals surface area contributed by atoms with Crippen LogP contribution in [0.2, 0.25) is 0 Å². The molecule has 58 valence electrons. The van der Waals surface area contributed by atoms with E-state index in [1.807, 2.05) is 0 Å². The number of rotatable bonds is 0. The molecule has 3 aliphatic heterocycles. The molecule has 0 amide bonds. The molecule has 0 radical (unpaired) electrons. The Morgan fingerprint density at radius 3 is 2.40 bits per heavy atom. The third kappa shape index (κ3) is 1.06. The first-order valence-corrected chi connectivity index (χ1v) is 4.32. The number of fused-ring (bicyclic) bond motifs is 4. The molecule has 0 aromatic heterocycles. The van der Waals surface area contributed by atoms with Crippen LogP contribution < -0.4 is 0 Å². The van der Waals surface area contributed by atoms with Gasteiger partial charge >= 0.3 is 0 Å². The van der Waals surface area contributed by atoms with Crippen LogP contribution in [0.5, 0.6) is 0 Å². The summed E-state index contributed by atoms with van der Waals surface area (Å²) in [6.07, 6.45) is 1.38. The van der Waals surface area contributed by atoms with Crippen LogP contribution in [-0.4, -0.2) is 48.6 Å². The Kier molecular flexibility index (Phi) is 1.66. The number of nitrogens with zero attached hydrogens (tertiary/aromatic N) is 2. The molecule has 0 aliphatic carbocycles. The van der Waals surface area contributed by atoms with Crippen LogP contribution in [0.15, 0.2) is 0 Å². The molecule has 0 N–H and O–H groups in total. The largest absolute Gasteiger partial charge is 0.301 e. The minimum atomic E-state index is 0.840. The lowest BCUT2D eigenvalue weighted by Gasteiger charge is -2.31. The zero-order valence-corrected chi connectivity index (χ0v) is 6.71. The molecule has 0 aromatic rings. The number of hydrogen-bond donors (Lipinski definition) is 0. The smallest absolute Gasteiger partial charge is 0.0113 e. The van der Waals surface area contributed by atoms with Gasteiger partial charge in [-0.1, -0.05) is 0 Å². The third-order valence-corrected chi connectivity index (χ3v) is 2.89. The predicted molar refractivity (Wildman–Crippen MR) is 42.1 cm³/mol. The molecular formula is C8H16N2. The van der Waals surface area contributed by atoms with E-state index in [1.54, 1.807) is 0 Å². The Balaban J connectivity index is 2.07. The molecule has 1 atom stereocenters. The van der Waals surface area contributed by atoms with E-state index in [1.165, 1.54) is 39.1 Å². The third-order valence-electron chi connectivity index (χ3n) is 2.89. The summed E-state index contributed by atoms with van der Waals surface area (Å²) in [5.41, 5.74) is 0. The van der Waals surface area contributed by atoms with Gasteiger partial charge in [0.15, 0.2) is 0 Å². The van der Waals surface area contributed by atoms with Crippen molar-refractivity contribution < 1.29 is 0 Å². The summed E-state index contributed by atoms with van der Waals surface area (Å²) in [5.74, 6) is 0. The standard InChI is InChI=1S/C8H16N2/c1-8-2-3-9-4-6-10(8)7-5-9/h8H,2-7H2,1H3. The Labute approximate surface area is 62.8 Å². The molecule has 3 saturated heterocycles. The van der Waals surface area contributed by atoms with Crippen molar-refractivity contribution in [1.29, 1.82) is 0 Å². The van der Waals surface area contributed by atoms with E-state index in [2.05, 4.69) is 16.7 Å². The van der Waals surface area contributed by atoms with E-state index in [-0.39, 0.29) is 0 Å².